The molecule has 0 fully saturated rings. The van der Waals surface area contributed by atoms with E-state index in [0.717, 1.165) is 34.4 Å². The van der Waals surface area contributed by atoms with Crippen molar-refractivity contribution in [1.29, 1.82) is 0 Å². The third-order valence-electron chi connectivity index (χ3n) is 4.08. The minimum Gasteiger partial charge on any atom is -0.481 e. The van der Waals surface area contributed by atoms with E-state index in [9.17, 15) is 4.79 Å². The zero-order chi connectivity index (χ0) is 17.3. The molecule has 6 heteroatoms. The molecule has 0 aliphatic heterocycles. The molecule has 0 atom stereocenters. The van der Waals surface area contributed by atoms with Gasteiger partial charge in [-0.05, 0) is 19.4 Å². The number of hydrogen-bond acceptors (Lipinski definition) is 4. The summed E-state index contributed by atoms with van der Waals surface area (Å²) in [6.07, 6.45) is 0.801. The second-order valence-corrected chi connectivity index (χ2v) is 5.57. The summed E-state index contributed by atoms with van der Waals surface area (Å²) in [5.74, 6) is 0.931. The third kappa shape index (κ3) is 2.71. The van der Waals surface area contributed by atoms with Crippen LogP contribution in [0.5, 0.6) is 5.88 Å². The van der Waals surface area contributed by atoms with Gasteiger partial charge >= 0.3 is 0 Å². The third-order valence-corrected chi connectivity index (χ3v) is 4.08. The Bertz CT molecular complexity index is 915. The Morgan fingerprint density at radius 1 is 1.33 bits per heavy atom. The molecule has 3 rings (SSSR count). The number of carbonyl (C=O) groups is 1. The van der Waals surface area contributed by atoms with Crippen LogP contribution in [0.15, 0.2) is 30.3 Å². The van der Waals surface area contributed by atoms with Gasteiger partial charge in [-0.1, -0.05) is 25.1 Å². The average Bonchev–Trinajstić information content (AvgIpc) is 2.86. The molecule has 1 amide bonds. The Morgan fingerprint density at radius 3 is 2.79 bits per heavy atom. The fourth-order valence-corrected chi connectivity index (χ4v) is 2.90. The number of pyridine rings is 1. The molecule has 0 radical (unpaired) electrons. The predicted octanol–water partition coefficient (Wildman–Crippen LogP) is 3.10. The molecule has 2 heterocycles. The van der Waals surface area contributed by atoms with Crippen molar-refractivity contribution >= 4 is 22.6 Å². The number of fused-ring (bicyclic) bond motifs is 1. The highest BCUT2D eigenvalue weighted by Crippen LogP contribution is 2.25. The molecule has 0 saturated carbocycles. The number of ether oxygens (including phenoxy) is 1. The molecule has 0 aliphatic rings. The Balaban J connectivity index is 2.06. The lowest BCUT2D eigenvalue weighted by molar-refractivity contribution is 0.102. The number of rotatable bonds is 4. The molecule has 0 spiro atoms. The lowest BCUT2D eigenvalue weighted by atomic mass is 10.1. The van der Waals surface area contributed by atoms with Crippen molar-refractivity contribution in [3.05, 3.63) is 47.2 Å². The first kappa shape index (κ1) is 16.0. The minimum absolute atomic E-state index is 0.204. The zero-order valence-corrected chi connectivity index (χ0v) is 14.3. The molecule has 1 N–H and O–H groups in total. The van der Waals surface area contributed by atoms with Gasteiger partial charge in [-0.2, -0.15) is 5.10 Å². The minimum atomic E-state index is -0.204. The van der Waals surface area contributed by atoms with Crippen LogP contribution >= 0.6 is 0 Å². The molecule has 0 aliphatic carbocycles. The molecular weight excluding hydrogens is 304 g/mol. The number of para-hydroxylation sites is 1. The van der Waals surface area contributed by atoms with Crippen molar-refractivity contribution in [3.8, 4) is 5.88 Å². The lowest BCUT2D eigenvalue weighted by Gasteiger charge is -2.11. The number of anilines is 1. The SMILES string of the molecule is CCc1c(C)nn(C)c1NC(=O)c1cc(OC)nc2ccccc12. The van der Waals surface area contributed by atoms with E-state index in [1.165, 1.54) is 0 Å². The van der Waals surface area contributed by atoms with Gasteiger partial charge in [-0.3, -0.25) is 9.48 Å². The van der Waals surface area contributed by atoms with Crippen LogP contribution in [0.25, 0.3) is 10.9 Å². The average molecular weight is 324 g/mol. The molecule has 124 valence electrons. The predicted molar refractivity (Wildman–Crippen MR) is 93.6 cm³/mol. The maximum Gasteiger partial charge on any atom is 0.257 e. The van der Waals surface area contributed by atoms with Crippen molar-refractivity contribution in [2.24, 2.45) is 7.05 Å². The Labute approximate surface area is 140 Å². The molecule has 2 aromatic heterocycles. The van der Waals surface area contributed by atoms with Crippen LogP contribution in [-0.2, 0) is 13.5 Å². The summed E-state index contributed by atoms with van der Waals surface area (Å²) in [4.78, 5) is 17.3. The monoisotopic (exact) mass is 324 g/mol. The Hall–Kier alpha value is -2.89. The van der Waals surface area contributed by atoms with Crippen LogP contribution in [0.1, 0.15) is 28.5 Å². The quantitative estimate of drug-likeness (QED) is 0.800. The first-order valence-corrected chi connectivity index (χ1v) is 7.82. The van der Waals surface area contributed by atoms with Crippen molar-refractivity contribution < 1.29 is 9.53 Å². The first-order valence-electron chi connectivity index (χ1n) is 7.82. The lowest BCUT2D eigenvalue weighted by Crippen LogP contribution is -2.16. The number of aromatic nitrogens is 3. The molecule has 24 heavy (non-hydrogen) atoms. The molecule has 3 aromatic rings. The summed E-state index contributed by atoms with van der Waals surface area (Å²) in [5, 5.41) is 8.16. The van der Waals surface area contributed by atoms with E-state index in [0.29, 0.717) is 11.4 Å². The normalized spacial score (nSPS) is 10.8. The number of hydrogen-bond donors (Lipinski definition) is 1. The van der Waals surface area contributed by atoms with Crippen molar-refractivity contribution in [2.75, 3.05) is 12.4 Å². The summed E-state index contributed by atoms with van der Waals surface area (Å²) >= 11 is 0. The summed E-state index contributed by atoms with van der Waals surface area (Å²) in [6.45, 7) is 3.99. The Morgan fingerprint density at radius 2 is 2.08 bits per heavy atom. The van der Waals surface area contributed by atoms with Crippen LogP contribution in [0.3, 0.4) is 0 Å². The number of nitrogens with one attached hydrogen (secondary N) is 1. The number of amides is 1. The van der Waals surface area contributed by atoms with Crippen LogP contribution in [-0.4, -0.2) is 27.8 Å². The number of methoxy groups -OCH3 is 1. The number of nitrogens with zero attached hydrogens (tertiary/aromatic N) is 3. The van der Waals surface area contributed by atoms with Gasteiger partial charge < -0.3 is 10.1 Å². The van der Waals surface area contributed by atoms with Gasteiger partial charge in [0.05, 0.1) is 23.9 Å². The first-order chi connectivity index (χ1) is 11.5. The zero-order valence-electron chi connectivity index (χ0n) is 14.3. The van der Waals surface area contributed by atoms with E-state index in [2.05, 4.69) is 15.4 Å². The molecule has 1 aromatic carbocycles. The summed E-state index contributed by atoms with van der Waals surface area (Å²) in [6, 6.07) is 9.17. The summed E-state index contributed by atoms with van der Waals surface area (Å²) in [5.41, 5.74) is 3.21. The Kier molecular flexibility index (Phi) is 4.20. The smallest absolute Gasteiger partial charge is 0.257 e. The maximum atomic E-state index is 12.9. The van der Waals surface area contributed by atoms with Gasteiger partial charge in [0.1, 0.15) is 5.82 Å². The van der Waals surface area contributed by atoms with E-state index in [1.54, 1.807) is 17.9 Å². The van der Waals surface area contributed by atoms with Crippen LogP contribution in [0.2, 0.25) is 0 Å². The summed E-state index contributed by atoms with van der Waals surface area (Å²) < 4.78 is 6.93. The van der Waals surface area contributed by atoms with Gasteiger partial charge in [0, 0.05) is 24.1 Å². The largest absolute Gasteiger partial charge is 0.481 e. The molecule has 0 unspecified atom stereocenters. The number of benzene rings is 1. The second kappa shape index (κ2) is 6.31. The highest BCUT2D eigenvalue weighted by molar-refractivity contribution is 6.12. The topological polar surface area (TPSA) is 69.0 Å². The fraction of sp³-hybridized carbons (Fsp3) is 0.278. The van der Waals surface area contributed by atoms with Crippen LogP contribution in [0.4, 0.5) is 5.82 Å². The summed E-state index contributed by atoms with van der Waals surface area (Å²) in [7, 11) is 3.37. The van der Waals surface area contributed by atoms with E-state index in [4.69, 9.17) is 4.74 Å². The van der Waals surface area contributed by atoms with Gasteiger partial charge in [-0.25, -0.2) is 4.98 Å². The maximum absolute atomic E-state index is 12.9. The molecule has 6 nitrogen and oxygen atoms in total. The highest BCUT2D eigenvalue weighted by Gasteiger charge is 2.18. The van der Waals surface area contributed by atoms with Gasteiger partial charge in [-0.15, -0.1) is 0 Å². The van der Waals surface area contributed by atoms with Gasteiger partial charge in [0.15, 0.2) is 0 Å². The van der Waals surface area contributed by atoms with Crippen molar-refractivity contribution in [1.82, 2.24) is 14.8 Å². The second-order valence-electron chi connectivity index (χ2n) is 5.57. The van der Waals surface area contributed by atoms with Gasteiger partial charge in [0.25, 0.3) is 5.91 Å². The van der Waals surface area contributed by atoms with Crippen molar-refractivity contribution in [2.45, 2.75) is 20.3 Å². The fourth-order valence-electron chi connectivity index (χ4n) is 2.90. The number of aryl methyl sites for hydroxylation is 2. The van der Waals surface area contributed by atoms with E-state index < -0.39 is 0 Å². The van der Waals surface area contributed by atoms with E-state index in [1.807, 2.05) is 45.2 Å². The molecule has 0 bridgehead atoms. The van der Waals surface area contributed by atoms with E-state index >= 15 is 0 Å². The van der Waals surface area contributed by atoms with Crippen LogP contribution < -0.4 is 10.1 Å². The standard InChI is InChI=1S/C18H20N4O2/c1-5-12-11(2)21-22(3)17(12)20-18(23)14-10-16(24-4)19-15-9-7-6-8-13(14)15/h6-10H,5H2,1-4H3,(H,20,23). The molecular formula is C18H20N4O2. The van der Waals surface area contributed by atoms with E-state index in [-0.39, 0.29) is 5.91 Å². The van der Waals surface area contributed by atoms with Gasteiger partial charge in [0.2, 0.25) is 5.88 Å². The molecule has 0 saturated heterocycles. The highest BCUT2D eigenvalue weighted by atomic mass is 16.5. The number of carbonyl (C=O) groups excluding carboxylic acids is 1. The van der Waals surface area contributed by atoms with Crippen molar-refractivity contribution in [3.63, 3.8) is 0 Å². The van der Waals surface area contributed by atoms with Crippen LogP contribution in [0, 0.1) is 6.92 Å².